The normalized spacial score (nSPS) is 10.5. The topological polar surface area (TPSA) is 84.6 Å². The van der Waals surface area contributed by atoms with Crippen LogP contribution in [0.4, 0.5) is 5.69 Å². The summed E-state index contributed by atoms with van der Waals surface area (Å²) in [5.74, 6) is -0.509. The van der Waals surface area contributed by atoms with E-state index in [4.69, 9.17) is 0 Å². The smallest absolute Gasteiger partial charge is 0.267 e. The van der Waals surface area contributed by atoms with Gasteiger partial charge in [0.25, 0.3) is 11.6 Å². The van der Waals surface area contributed by atoms with Crippen LogP contribution in [-0.2, 0) is 0 Å². The van der Waals surface area contributed by atoms with Crippen LogP contribution in [0.15, 0.2) is 58.1 Å². The Kier molecular flexibility index (Phi) is 4.78. The van der Waals surface area contributed by atoms with E-state index in [2.05, 4.69) is 26.5 Å². The largest absolute Gasteiger partial charge is 0.271 e. The van der Waals surface area contributed by atoms with Gasteiger partial charge < -0.3 is 0 Å². The summed E-state index contributed by atoms with van der Waals surface area (Å²) >= 11 is 3.33. The maximum absolute atomic E-state index is 11.8. The molecule has 2 aromatic rings. The van der Waals surface area contributed by atoms with Crippen molar-refractivity contribution >= 4 is 33.7 Å². The fourth-order valence-electron chi connectivity index (χ4n) is 1.58. The van der Waals surface area contributed by atoms with Gasteiger partial charge in [-0.15, -0.1) is 0 Å². The maximum Gasteiger partial charge on any atom is 0.271 e. The van der Waals surface area contributed by atoms with Crippen LogP contribution in [0.3, 0.4) is 0 Å². The molecule has 6 nitrogen and oxygen atoms in total. The molecule has 0 unspecified atom stereocenters. The van der Waals surface area contributed by atoms with E-state index in [1.165, 1.54) is 30.5 Å². The molecule has 0 spiro atoms. The molecule has 0 fully saturated rings. The number of nitro benzene ring substituents is 1. The fourth-order valence-corrected chi connectivity index (χ4v) is 1.99. The molecular formula is C14H10BrN3O3. The van der Waals surface area contributed by atoms with Crippen molar-refractivity contribution in [1.82, 2.24) is 5.43 Å². The zero-order valence-corrected chi connectivity index (χ0v) is 12.3. The fraction of sp³-hybridized carbons (Fsp3) is 0. The van der Waals surface area contributed by atoms with Gasteiger partial charge in [0.2, 0.25) is 0 Å². The highest BCUT2D eigenvalue weighted by atomic mass is 79.9. The number of benzene rings is 2. The van der Waals surface area contributed by atoms with Crippen LogP contribution >= 0.6 is 15.9 Å². The summed E-state index contributed by atoms with van der Waals surface area (Å²) in [5, 5.41) is 14.5. The summed E-state index contributed by atoms with van der Waals surface area (Å²) in [6, 6.07) is 12.8. The van der Waals surface area contributed by atoms with Gasteiger partial charge in [0.05, 0.1) is 11.1 Å². The summed E-state index contributed by atoms with van der Waals surface area (Å²) < 4.78 is 0.900. The van der Waals surface area contributed by atoms with Crippen molar-refractivity contribution in [3.05, 3.63) is 74.2 Å². The molecule has 0 aliphatic rings. The molecule has 2 aromatic carbocycles. The van der Waals surface area contributed by atoms with Crippen LogP contribution < -0.4 is 5.43 Å². The minimum Gasteiger partial charge on any atom is -0.267 e. The summed E-state index contributed by atoms with van der Waals surface area (Å²) in [6.07, 6.45) is 1.49. The van der Waals surface area contributed by atoms with Crippen molar-refractivity contribution in [2.45, 2.75) is 0 Å². The zero-order chi connectivity index (χ0) is 15.2. The lowest BCUT2D eigenvalue weighted by atomic mass is 10.2. The predicted octanol–water partition coefficient (Wildman–Crippen LogP) is 3.12. The molecule has 0 saturated heterocycles. The molecule has 106 valence electrons. The van der Waals surface area contributed by atoms with Crippen molar-refractivity contribution in [3.8, 4) is 0 Å². The molecule has 0 saturated carbocycles. The number of carbonyl (C=O) groups is 1. The molecule has 0 aromatic heterocycles. The average molecular weight is 348 g/mol. The molecule has 1 amide bonds. The molecule has 0 aliphatic heterocycles. The third-order valence-electron chi connectivity index (χ3n) is 2.55. The van der Waals surface area contributed by atoms with Crippen LogP contribution in [-0.4, -0.2) is 17.0 Å². The lowest BCUT2D eigenvalue weighted by molar-refractivity contribution is -0.384. The van der Waals surface area contributed by atoms with Gasteiger partial charge in [-0.2, -0.15) is 5.10 Å². The van der Waals surface area contributed by atoms with Crippen LogP contribution in [0.1, 0.15) is 15.9 Å². The molecule has 7 heteroatoms. The Balaban J connectivity index is 2.05. The van der Waals surface area contributed by atoms with E-state index in [9.17, 15) is 14.9 Å². The lowest BCUT2D eigenvalue weighted by Gasteiger charge is -2.00. The second-order valence-electron chi connectivity index (χ2n) is 4.06. The number of hydrazone groups is 1. The number of carbonyl (C=O) groups excluding carboxylic acids is 1. The Morgan fingerprint density at radius 2 is 2.00 bits per heavy atom. The molecule has 21 heavy (non-hydrogen) atoms. The number of amides is 1. The third kappa shape index (κ3) is 4.22. The Bertz CT molecular complexity index is 716. The Labute approximate surface area is 128 Å². The van der Waals surface area contributed by atoms with Gasteiger partial charge >= 0.3 is 0 Å². The number of nitro groups is 1. The van der Waals surface area contributed by atoms with Gasteiger partial charge in [0.1, 0.15) is 0 Å². The first-order chi connectivity index (χ1) is 10.1. The Morgan fingerprint density at radius 1 is 1.24 bits per heavy atom. The van der Waals surface area contributed by atoms with Gasteiger partial charge in [0, 0.05) is 22.2 Å². The van der Waals surface area contributed by atoms with Gasteiger partial charge in [0.15, 0.2) is 0 Å². The highest BCUT2D eigenvalue weighted by Gasteiger charge is 2.10. The summed E-state index contributed by atoms with van der Waals surface area (Å²) in [7, 11) is 0. The number of hydrogen-bond acceptors (Lipinski definition) is 4. The van der Waals surface area contributed by atoms with Gasteiger partial charge in [-0.3, -0.25) is 14.9 Å². The minimum atomic E-state index is -0.554. The quantitative estimate of drug-likeness (QED) is 0.523. The first-order valence-corrected chi connectivity index (χ1v) is 6.69. The molecule has 0 atom stereocenters. The second-order valence-corrected chi connectivity index (χ2v) is 4.98. The van der Waals surface area contributed by atoms with E-state index >= 15 is 0 Å². The second kappa shape index (κ2) is 6.76. The van der Waals surface area contributed by atoms with Crippen molar-refractivity contribution < 1.29 is 9.72 Å². The molecular weight excluding hydrogens is 338 g/mol. The number of nitrogens with zero attached hydrogens (tertiary/aromatic N) is 2. The number of non-ortho nitro benzene ring substituents is 1. The number of nitrogens with one attached hydrogen (secondary N) is 1. The van der Waals surface area contributed by atoms with E-state index in [1.807, 2.05) is 24.3 Å². The van der Waals surface area contributed by atoms with E-state index in [-0.39, 0.29) is 11.3 Å². The van der Waals surface area contributed by atoms with Gasteiger partial charge in [-0.25, -0.2) is 5.43 Å². The first kappa shape index (κ1) is 14.9. The van der Waals surface area contributed by atoms with Gasteiger partial charge in [-0.05, 0) is 23.8 Å². The number of halogens is 1. The highest BCUT2D eigenvalue weighted by Crippen LogP contribution is 2.13. The first-order valence-electron chi connectivity index (χ1n) is 5.90. The molecule has 2 rings (SSSR count). The van der Waals surface area contributed by atoms with Crippen LogP contribution in [0.5, 0.6) is 0 Å². The number of rotatable bonds is 4. The van der Waals surface area contributed by atoms with Crippen LogP contribution in [0.2, 0.25) is 0 Å². The standard InChI is InChI=1S/C14H10BrN3O3/c15-12-5-1-3-10(7-12)9-16-17-14(19)11-4-2-6-13(8-11)18(20)21/h1-9H,(H,17,19). The minimum absolute atomic E-state index is 0.140. The molecule has 1 N–H and O–H groups in total. The third-order valence-corrected chi connectivity index (χ3v) is 3.04. The zero-order valence-electron chi connectivity index (χ0n) is 10.7. The van der Waals surface area contributed by atoms with Crippen molar-refractivity contribution in [1.29, 1.82) is 0 Å². The van der Waals surface area contributed by atoms with E-state index in [1.54, 1.807) is 0 Å². The Hall–Kier alpha value is -2.54. The molecule has 0 bridgehead atoms. The maximum atomic E-state index is 11.8. The molecule has 0 aliphatic carbocycles. The summed E-state index contributed by atoms with van der Waals surface area (Å²) in [5.41, 5.74) is 3.17. The number of hydrogen-bond donors (Lipinski definition) is 1. The van der Waals surface area contributed by atoms with E-state index < -0.39 is 10.8 Å². The highest BCUT2D eigenvalue weighted by molar-refractivity contribution is 9.10. The van der Waals surface area contributed by atoms with Gasteiger partial charge in [-0.1, -0.05) is 34.1 Å². The summed E-state index contributed by atoms with van der Waals surface area (Å²) in [6.45, 7) is 0. The monoisotopic (exact) mass is 347 g/mol. The van der Waals surface area contributed by atoms with Crippen molar-refractivity contribution in [2.24, 2.45) is 5.10 Å². The Morgan fingerprint density at radius 3 is 2.71 bits per heavy atom. The lowest BCUT2D eigenvalue weighted by Crippen LogP contribution is -2.17. The van der Waals surface area contributed by atoms with Crippen molar-refractivity contribution in [3.63, 3.8) is 0 Å². The van der Waals surface area contributed by atoms with Crippen LogP contribution in [0.25, 0.3) is 0 Å². The molecule has 0 radical (unpaired) electrons. The van der Waals surface area contributed by atoms with E-state index in [0.717, 1.165) is 10.0 Å². The molecule has 0 heterocycles. The SMILES string of the molecule is O=C(NN=Cc1cccc(Br)c1)c1cccc([N+](=O)[O-])c1. The average Bonchev–Trinajstić information content (AvgIpc) is 2.47. The van der Waals surface area contributed by atoms with Crippen LogP contribution in [0, 0.1) is 10.1 Å². The summed E-state index contributed by atoms with van der Waals surface area (Å²) in [4.78, 5) is 21.9. The van der Waals surface area contributed by atoms with Crippen molar-refractivity contribution in [2.75, 3.05) is 0 Å². The predicted molar refractivity (Wildman–Crippen MR) is 82.3 cm³/mol. The van der Waals surface area contributed by atoms with E-state index in [0.29, 0.717) is 0 Å².